The molecule has 1 fully saturated rings. The third-order valence-corrected chi connectivity index (χ3v) is 2.86. The summed E-state index contributed by atoms with van der Waals surface area (Å²) in [6.07, 6.45) is -1.54. The molecule has 2 N–H and O–H groups in total. The molecule has 1 saturated heterocycles. The summed E-state index contributed by atoms with van der Waals surface area (Å²) in [6.45, 7) is 3.04. The van der Waals surface area contributed by atoms with Gasteiger partial charge < -0.3 is 24.4 Å². The van der Waals surface area contributed by atoms with Gasteiger partial charge >= 0.3 is 5.97 Å². The maximum atomic E-state index is 11.8. The van der Waals surface area contributed by atoms with Crippen molar-refractivity contribution in [1.82, 2.24) is 0 Å². The second-order valence-electron chi connectivity index (χ2n) is 5.10. The molecule has 6 heteroatoms. The van der Waals surface area contributed by atoms with Crippen molar-refractivity contribution < 1.29 is 29.2 Å². The highest BCUT2D eigenvalue weighted by Crippen LogP contribution is 2.27. The number of benzene rings is 1. The number of aliphatic hydroxyl groups excluding tert-OH is 2. The van der Waals surface area contributed by atoms with Crippen LogP contribution >= 0.6 is 0 Å². The molecule has 114 valence electrons. The van der Waals surface area contributed by atoms with E-state index in [0.29, 0.717) is 0 Å². The average Bonchev–Trinajstić information content (AvgIpc) is 2.37. The first-order chi connectivity index (χ1) is 9.89. The predicted molar refractivity (Wildman–Crippen MR) is 73.0 cm³/mol. The number of esters is 1. The molecular weight excluding hydrogens is 276 g/mol. The molecule has 0 saturated carbocycles. The monoisotopic (exact) mass is 294 g/mol. The van der Waals surface area contributed by atoms with Crippen LogP contribution in [0, 0.1) is 0 Å². The van der Waals surface area contributed by atoms with Gasteiger partial charge in [0, 0.05) is 13.8 Å². The lowest BCUT2D eigenvalue weighted by molar-refractivity contribution is -0.280. The molecule has 6 nitrogen and oxygen atoms in total. The topological polar surface area (TPSA) is 85.2 Å². The number of carbonyl (C=O) groups excluding carboxylic acids is 1. The summed E-state index contributed by atoms with van der Waals surface area (Å²) >= 11 is 0. The lowest BCUT2D eigenvalue weighted by Gasteiger charge is -2.34. The van der Waals surface area contributed by atoms with E-state index in [-0.39, 0.29) is 18.8 Å². The Morgan fingerprint density at radius 1 is 1.33 bits per heavy atom. The van der Waals surface area contributed by atoms with Crippen LogP contribution < -0.4 is 0 Å². The van der Waals surface area contributed by atoms with Gasteiger partial charge in [-0.25, -0.2) is 4.79 Å². The van der Waals surface area contributed by atoms with Gasteiger partial charge in [0.25, 0.3) is 0 Å². The van der Waals surface area contributed by atoms with Gasteiger partial charge in [-0.3, -0.25) is 0 Å². The van der Waals surface area contributed by atoms with Crippen molar-refractivity contribution in [1.29, 1.82) is 0 Å². The van der Waals surface area contributed by atoms with Crippen molar-refractivity contribution in [3.05, 3.63) is 47.2 Å². The fraction of sp³-hybridized carbons (Fsp3) is 0.400. The van der Waals surface area contributed by atoms with Crippen LogP contribution in [0.25, 0.3) is 0 Å². The van der Waals surface area contributed by atoms with Crippen LogP contribution in [-0.2, 0) is 25.6 Å². The van der Waals surface area contributed by atoms with Crippen molar-refractivity contribution in [2.45, 2.75) is 32.5 Å². The van der Waals surface area contributed by atoms with Gasteiger partial charge in [-0.2, -0.15) is 0 Å². The summed E-state index contributed by atoms with van der Waals surface area (Å²) in [5.74, 6) is -2.45. The van der Waals surface area contributed by atoms with Crippen LogP contribution in [0.4, 0.5) is 0 Å². The van der Waals surface area contributed by atoms with Crippen molar-refractivity contribution in [2.24, 2.45) is 0 Å². The van der Waals surface area contributed by atoms with E-state index in [1.54, 1.807) is 0 Å². The van der Waals surface area contributed by atoms with Crippen LogP contribution in [-0.4, -0.2) is 34.9 Å². The number of carbonyl (C=O) groups is 1. The van der Waals surface area contributed by atoms with Crippen molar-refractivity contribution in [3.8, 4) is 0 Å². The highest BCUT2D eigenvalue weighted by Gasteiger charge is 2.40. The van der Waals surface area contributed by atoms with E-state index in [0.717, 1.165) is 5.56 Å². The maximum absolute atomic E-state index is 11.8. The quantitative estimate of drug-likeness (QED) is 0.499. The zero-order valence-electron chi connectivity index (χ0n) is 11.9. The lowest BCUT2D eigenvalue weighted by atomic mass is 10.2. The molecule has 1 aromatic carbocycles. The number of aliphatic hydroxyl groups is 2. The van der Waals surface area contributed by atoms with Crippen LogP contribution in [0.5, 0.6) is 0 Å². The molecule has 0 radical (unpaired) electrons. The second-order valence-corrected chi connectivity index (χ2v) is 5.10. The third kappa shape index (κ3) is 4.04. The highest BCUT2D eigenvalue weighted by atomic mass is 16.8. The van der Waals surface area contributed by atoms with E-state index in [1.165, 1.54) is 13.8 Å². The van der Waals surface area contributed by atoms with Gasteiger partial charge in [0.1, 0.15) is 17.9 Å². The molecule has 0 aliphatic carbocycles. The molecule has 0 aromatic heterocycles. The first-order valence-electron chi connectivity index (χ1n) is 6.52. The summed E-state index contributed by atoms with van der Waals surface area (Å²) in [5, 5.41) is 19.6. The fourth-order valence-corrected chi connectivity index (χ4v) is 1.91. The first-order valence-corrected chi connectivity index (χ1v) is 6.52. The maximum Gasteiger partial charge on any atom is 0.345 e. The molecule has 0 amide bonds. The summed E-state index contributed by atoms with van der Waals surface area (Å²) in [5.41, 5.74) is 0.599. The zero-order chi connectivity index (χ0) is 15.5. The average molecular weight is 294 g/mol. The van der Waals surface area contributed by atoms with Gasteiger partial charge in [0.2, 0.25) is 5.79 Å². The Morgan fingerprint density at radius 2 is 2.00 bits per heavy atom. The summed E-state index contributed by atoms with van der Waals surface area (Å²) in [7, 11) is 0. The summed E-state index contributed by atoms with van der Waals surface area (Å²) < 4.78 is 15.3. The summed E-state index contributed by atoms with van der Waals surface area (Å²) in [4.78, 5) is 11.8. The number of hydrogen-bond donors (Lipinski definition) is 2. The Hall–Kier alpha value is -1.89. The summed E-state index contributed by atoms with van der Waals surface area (Å²) in [6, 6.07) is 9.37. The Morgan fingerprint density at radius 3 is 2.62 bits per heavy atom. The number of rotatable bonds is 4. The molecular formula is C15H18O6. The van der Waals surface area contributed by atoms with Crippen LogP contribution in [0.1, 0.15) is 19.4 Å². The van der Waals surface area contributed by atoms with E-state index in [2.05, 4.69) is 0 Å². The molecule has 21 heavy (non-hydrogen) atoms. The Kier molecular flexibility index (Phi) is 4.62. The third-order valence-electron chi connectivity index (χ3n) is 2.86. The van der Waals surface area contributed by atoms with Gasteiger partial charge in [-0.1, -0.05) is 30.3 Å². The van der Waals surface area contributed by atoms with Crippen LogP contribution in [0.3, 0.4) is 0 Å². The van der Waals surface area contributed by atoms with E-state index in [9.17, 15) is 15.0 Å². The van der Waals surface area contributed by atoms with Crippen molar-refractivity contribution >= 4 is 5.97 Å². The van der Waals surface area contributed by atoms with Crippen LogP contribution in [0.2, 0.25) is 0 Å². The predicted octanol–water partition coefficient (Wildman–Crippen LogP) is 1.64. The minimum absolute atomic E-state index is 0.222. The largest absolute Gasteiger partial charge is 0.509 e. The normalized spacial score (nSPS) is 23.6. The standard InChI is InChI=1S/C15H18O6/c1-15(2)20-13(17)12(14(18)21-15)11(16)9-19-8-10-6-4-3-5-7-10/h3-7,13,16-17H,8-9H2,1-2H3/b12-11-. The fourth-order valence-electron chi connectivity index (χ4n) is 1.91. The van der Waals surface area contributed by atoms with Crippen molar-refractivity contribution in [3.63, 3.8) is 0 Å². The lowest BCUT2D eigenvalue weighted by Crippen LogP contribution is -2.45. The SMILES string of the molecule is CC1(C)OC(=O)/C(=C(\O)COCc2ccccc2)C(O)O1. The Bertz CT molecular complexity index is 534. The molecule has 1 aliphatic rings. The van der Waals surface area contributed by atoms with Gasteiger partial charge in [-0.05, 0) is 5.56 Å². The molecule has 0 spiro atoms. The minimum Gasteiger partial charge on any atom is -0.509 e. The number of hydrogen-bond acceptors (Lipinski definition) is 6. The van der Waals surface area contributed by atoms with E-state index < -0.39 is 23.8 Å². The van der Waals surface area contributed by atoms with E-state index >= 15 is 0 Å². The van der Waals surface area contributed by atoms with Crippen molar-refractivity contribution in [2.75, 3.05) is 6.61 Å². The first kappa shape index (κ1) is 15.5. The molecule has 1 heterocycles. The molecule has 1 unspecified atom stereocenters. The molecule has 1 atom stereocenters. The van der Waals surface area contributed by atoms with Gasteiger partial charge in [0.05, 0.1) is 6.61 Å². The Labute approximate surface area is 122 Å². The second kappa shape index (κ2) is 6.26. The van der Waals surface area contributed by atoms with E-state index in [1.807, 2.05) is 30.3 Å². The van der Waals surface area contributed by atoms with Gasteiger partial charge in [0.15, 0.2) is 6.29 Å². The molecule has 2 rings (SSSR count). The van der Waals surface area contributed by atoms with E-state index in [4.69, 9.17) is 14.2 Å². The van der Waals surface area contributed by atoms with Gasteiger partial charge in [-0.15, -0.1) is 0 Å². The minimum atomic E-state index is -1.54. The molecule has 1 aliphatic heterocycles. The molecule has 0 bridgehead atoms. The smallest absolute Gasteiger partial charge is 0.345 e. The molecule has 1 aromatic rings. The zero-order valence-corrected chi connectivity index (χ0v) is 11.9. The Balaban J connectivity index is 1.97. The highest BCUT2D eigenvalue weighted by molar-refractivity contribution is 5.90. The van der Waals surface area contributed by atoms with Crippen LogP contribution in [0.15, 0.2) is 41.7 Å². The number of ether oxygens (including phenoxy) is 3. The number of cyclic esters (lactones) is 1.